The molecule has 1 aromatic heterocycles. The highest BCUT2D eigenvalue weighted by molar-refractivity contribution is 9.10. The lowest BCUT2D eigenvalue weighted by atomic mass is 10.1. The molecule has 1 aromatic carbocycles. The van der Waals surface area contributed by atoms with Gasteiger partial charge in [-0.1, -0.05) is 25.4 Å². The number of aromatic nitrogens is 2. The fourth-order valence-corrected chi connectivity index (χ4v) is 2.42. The minimum atomic E-state index is -0.397. The number of hydrogen-bond acceptors (Lipinski definition) is 3. The fourth-order valence-electron chi connectivity index (χ4n) is 1.83. The van der Waals surface area contributed by atoms with Crippen LogP contribution in [0, 0.1) is 11.7 Å². The third-order valence-corrected chi connectivity index (χ3v) is 3.90. The van der Waals surface area contributed by atoms with Gasteiger partial charge < -0.3 is 5.73 Å². The molecule has 0 aliphatic carbocycles. The molecule has 0 fully saturated rings. The number of rotatable bonds is 3. The van der Waals surface area contributed by atoms with E-state index in [0.29, 0.717) is 27.6 Å². The van der Waals surface area contributed by atoms with E-state index in [1.807, 2.05) is 0 Å². The highest BCUT2D eigenvalue weighted by Gasteiger charge is 2.15. The van der Waals surface area contributed by atoms with E-state index in [9.17, 15) is 4.39 Å². The molecule has 6 heteroatoms. The Labute approximate surface area is 130 Å². The van der Waals surface area contributed by atoms with Crippen LogP contribution in [0.5, 0.6) is 0 Å². The molecule has 0 bridgehead atoms. The molecule has 0 spiro atoms. The first-order valence-corrected chi connectivity index (χ1v) is 7.33. The summed E-state index contributed by atoms with van der Waals surface area (Å²) >= 11 is 9.44. The second-order valence-corrected chi connectivity index (χ2v) is 6.12. The van der Waals surface area contributed by atoms with Gasteiger partial charge >= 0.3 is 0 Å². The average Bonchev–Trinajstić information content (AvgIpc) is 2.34. The lowest BCUT2D eigenvalue weighted by Crippen LogP contribution is -2.06. The van der Waals surface area contributed by atoms with Crippen LogP contribution in [-0.4, -0.2) is 9.97 Å². The molecule has 0 saturated heterocycles. The smallest absolute Gasteiger partial charge is 0.163 e. The summed E-state index contributed by atoms with van der Waals surface area (Å²) in [6.45, 7) is 4.19. The Bertz CT molecular complexity index is 647. The van der Waals surface area contributed by atoms with E-state index in [-0.39, 0.29) is 5.02 Å². The van der Waals surface area contributed by atoms with Gasteiger partial charge in [0.25, 0.3) is 0 Å². The van der Waals surface area contributed by atoms with Gasteiger partial charge in [0.15, 0.2) is 5.82 Å². The molecule has 2 rings (SSSR count). The molecule has 0 atom stereocenters. The van der Waals surface area contributed by atoms with Crippen molar-refractivity contribution in [3.63, 3.8) is 0 Å². The molecule has 3 nitrogen and oxygen atoms in total. The largest absolute Gasteiger partial charge is 0.383 e. The van der Waals surface area contributed by atoms with Gasteiger partial charge in [0, 0.05) is 5.56 Å². The van der Waals surface area contributed by atoms with Crippen molar-refractivity contribution in [2.75, 3.05) is 5.73 Å². The number of nitrogens with two attached hydrogens (primary N) is 1. The predicted octanol–water partition coefficient (Wildman–Crippen LogP) is 4.48. The van der Waals surface area contributed by atoms with Crippen LogP contribution in [-0.2, 0) is 6.42 Å². The van der Waals surface area contributed by atoms with Gasteiger partial charge in [-0.05, 0) is 46.5 Å². The second-order valence-electron chi connectivity index (χ2n) is 4.92. The molecule has 2 aromatic rings. The van der Waals surface area contributed by atoms with Gasteiger partial charge in [-0.15, -0.1) is 0 Å². The van der Waals surface area contributed by atoms with Crippen molar-refractivity contribution >= 4 is 33.3 Å². The maximum Gasteiger partial charge on any atom is 0.163 e. The van der Waals surface area contributed by atoms with E-state index < -0.39 is 5.82 Å². The van der Waals surface area contributed by atoms with Crippen molar-refractivity contribution in [1.29, 1.82) is 0 Å². The first-order valence-electron chi connectivity index (χ1n) is 6.15. The molecule has 0 aliphatic rings. The molecule has 2 N–H and O–H groups in total. The van der Waals surface area contributed by atoms with E-state index in [0.717, 1.165) is 12.1 Å². The Morgan fingerprint density at radius 2 is 2.05 bits per heavy atom. The molecular weight excluding hydrogens is 345 g/mol. The van der Waals surface area contributed by atoms with E-state index in [4.69, 9.17) is 17.3 Å². The predicted molar refractivity (Wildman–Crippen MR) is 83.1 cm³/mol. The molecule has 20 heavy (non-hydrogen) atoms. The zero-order chi connectivity index (χ0) is 14.9. The molecule has 0 saturated carbocycles. The van der Waals surface area contributed by atoms with E-state index in [2.05, 4.69) is 39.7 Å². The van der Waals surface area contributed by atoms with E-state index >= 15 is 0 Å². The van der Waals surface area contributed by atoms with Gasteiger partial charge in [-0.25, -0.2) is 14.4 Å². The van der Waals surface area contributed by atoms with Crippen LogP contribution in [0.25, 0.3) is 11.4 Å². The van der Waals surface area contributed by atoms with Gasteiger partial charge in [0.2, 0.25) is 0 Å². The number of benzene rings is 1. The van der Waals surface area contributed by atoms with Crippen LogP contribution in [0.3, 0.4) is 0 Å². The number of halogens is 3. The summed E-state index contributed by atoms with van der Waals surface area (Å²) in [6.07, 6.45) is 0.763. The van der Waals surface area contributed by atoms with Crippen molar-refractivity contribution in [2.24, 2.45) is 5.92 Å². The first kappa shape index (κ1) is 15.2. The topological polar surface area (TPSA) is 51.8 Å². The summed E-state index contributed by atoms with van der Waals surface area (Å²) in [6, 6.07) is 4.12. The van der Waals surface area contributed by atoms with Crippen LogP contribution in [0.1, 0.15) is 19.5 Å². The zero-order valence-electron chi connectivity index (χ0n) is 11.1. The maximum absolute atomic E-state index is 13.1. The van der Waals surface area contributed by atoms with Crippen molar-refractivity contribution in [3.8, 4) is 11.4 Å². The molecule has 0 radical (unpaired) electrons. The van der Waals surface area contributed by atoms with Gasteiger partial charge in [-0.2, -0.15) is 0 Å². The van der Waals surface area contributed by atoms with Crippen LogP contribution >= 0.6 is 27.5 Å². The molecule has 0 aliphatic heterocycles. The third kappa shape index (κ3) is 3.27. The van der Waals surface area contributed by atoms with E-state index in [1.54, 1.807) is 6.07 Å². The molecule has 106 valence electrons. The normalized spacial score (nSPS) is 11.1. The molecule has 1 heterocycles. The Kier molecular flexibility index (Phi) is 4.60. The summed E-state index contributed by atoms with van der Waals surface area (Å²) in [5.74, 6) is 0.792. The van der Waals surface area contributed by atoms with Crippen molar-refractivity contribution < 1.29 is 4.39 Å². The van der Waals surface area contributed by atoms with Crippen LogP contribution < -0.4 is 5.73 Å². The van der Waals surface area contributed by atoms with Gasteiger partial charge in [-0.3, -0.25) is 0 Å². The minimum absolute atomic E-state index is 0.266. The SMILES string of the molecule is CC(C)Cc1nc(-c2ccc(F)cc2Cl)nc(N)c1Br. The summed E-state index contributed by atoms with van der Waals surface area (Å²) in [7, 11) is 0. The highest BCUT2D eigenvalue weighted by atomic mass is 79.9. The Balaban J connectivity index is 2.54. The summed E-state index contributed by atoms with van der Waals surface area (Å²) in [5, 5.41) is 0.266. The first-order chi connectivity index (χ1) is 9.38. The highest BCUT2D eigenvalue weighted by Crippen LogP contribution is 2.30. The lowest BCUT2D eigenvalue weighted by Gasteiger charge is -2.11. The molecule has 0 amide bonds. The van der Waals surface area contributed by atoms with Gasteiger partial charge in [0.1, 0.15) is 11.6 Å². The third-order valence-electron chi connectivity index (χ3n) is 2.72. The minimum Gasteiger partial charge on any atom is -0.383 e. The number of nitrogen functional groups attached to an aromatic ring is 1. The quantitative estimate of drug-likeness (QED) is 0.880. The zero-order valence-corrected chi connectivity index (χ0v) is 13.5. The van der Waals surface area contributed by atoms with Crippen LogP contribution in [0.2, 0.25) is 5.02 Å². The number of anilines is 1. The standard InChI is InChI=1S/C14H14BrClFN3/c1-7(2)5-11-12(15)13(18)20-14(19-11)9-4-3-8(17)6-10(9)16/h3-4,6-7H,5H2,1-2H3,(H2,18,19,20). The lowest BCUT2D eigenvalue weighted by molar-refractivity contribution is 0.628. The monoisotopic (exact) mass is 357 g/mol. The molecule has 0 unspecified atom stereocenters. The summed E-state index contributed by atoms with van der Waals surface area (Å²) in [5.41, 5.74) is 7.29. The summed E-state index contributed by atoms with van der Waals surface area (Å²) in [4.78, 5) is 8.70. The van der Waals surface area contributed by atoms with Crippen LogP contribution in [0.15, 0.2) is 22.7 Å². The maximum atomic E-state index is 13.1. The van der Waals surface area contributed by atoms with Crippen molar-refractivity contribution in [1.82, 2.24) is 9.97 Å². The van der Waals surface area contributed by atoms with Crippen molar-refractivity contribution in [2.45, 2.75) is 20.3 Å². The Hall–Kier alpha value is -1.20. The van der Waals surface area contributed by atoms with Crippen LogP contribution in [0.4, 0.5) is 10.2 Å². The molecular formula is C14H14BrClFN3. The van der Waals surface area contributed by atoms with Gasteiger partial charge in [0.05, 0.1) is 15.2 Å². The number of nitrogens with zero attached hydrogens (tertiary/aromatic N) is 2. The second kappa shape index (κ2) is 6.06. The van der Waals surface area contributed by atoms with Crippen molar-refractivity contribution in [3.05, 3.63) is 39.2 Å². The Morgan fingerprint density at radius 1 is 1.35 bits per heavy atom. The fraction of sp³-hybridized carbons (Fsp3) is 0.286. The number of hydrogen-bond donors (Lipinski definition) is 1. The van der Waals surface area contributed by atoms with E-state index in [1.165, 1.54) is 12.1 Å². The Morgan fingerprint density at radius 3 is 2.65 bits per heavy atom. The average molecular weight is 359 g/mol. The summed E-state index contributed by atoms with van der Waals surface area (Å²) < 4.78 is 13.8.